The first-order valence-electron chi connectivity index (χ1n) is 6.69. The van der Waals surface area contributed by atoms with Gasteiger partial charge in [-0.05, 0) is 30.8 Å². The smallest absolute Gasteiger partial charge is 0.203 e. The van der Waals surface area contributed by atoms with E-state index in [2.05, 4.69) is 10.3 Å². The lowest BCUT2D eigenvalue weighted by atomic mass is 10.1. The molecule has 112 valence electrons. The van der Waals surface area contributed by atoms with E-state index in [1.165, 1.54) is 0 Å². The molecule has 21 heavy (non-hydrogen) atoms. The van der Waals surface area contributed by atoms with Gasteiger partial charge in [-0.15, -0.1) is 0 Å². The van der Waals surface area contributed by atoms with E-state index in [1.807, 2.05) is 31.3 Å². The largest absolute Gasteiger partial charge is 0.493 e. The van der Waals surface area contributed by atoms with Crippen LogP contribution in [0.25, 0.3) is 0 Å². The van der Waals surface area contributed by atoms with Gasteiger partial charge >= 0.3 is 0 Å². The molecule has 0 saturated carbocycles. The first-order chi connectivity index (χ1) is 10.3. The van der Waals surface area contributed by atoms with Gasteiger partial charge in [0.1, 0.15) is 6.61 Å². The lowest BCUT2D eigenvalue weighted by molar-refractivity contribution is 0.265. The van der Waals surface area contributed by atoms with Gasteiger partial charge < -0.3 is 19.5 Å². The Morgan fingerprint density at radius 3 is 2.33 bits per heavy atom. The number of hydrogen-bond acceptors (Lipinski definition) is 5. The molecule has 0 radical (unpaired) electrons. The van der Waals surface area contributed by atoms with Crippen LogP contribution in [0, 0.1) is 0 Å². The number of benzene rings is 1. The van der Waals surface area contributed by atoms with Gasteiger partial charge in [0.15, 0.2) is 11.5 Å². The first kappa shape index (κ1) is 15.1. The van der Waals surface area contributed by atoms with Crippen LogP contribution >= 0.6 is 0 Å². The molecule has 2 rings (SSSR count). The molecular formula is C16H20N2O3. The topological polar surface area (TPSA) is 52.6 Å². The molecular weight excluding hydrogens is 268 g/mol. The van der Waals surface area contributed by atoms with Crippen LogP contribution < -0.4 is 19.5 Å². The zero-order chi connectivity index (χ0) is 15.1. The van der Waals surface area contributed by atoms with Crippen molar-refractivity contribution >= 4 is 0 Å². The molecule has 1 aromatic heterocycles. The predicted octanol–water partition coefficient (Wildman–Crippen LogP) is 2.40. The Morgan fingerprint density at radius 1 is 1.10 bits per heavy atom. The van der Waals surface area contributed by atoms with Crippen molar-refractivity contribution in [1.82, 2.24) is 10.3 Å². The minimum absolute atomic E-state index is 0.409. The molecule has 1 heterocycles. The highest BCUT2D eigenvalue weighted by Gasteiger charge is 2.14. The maximum atomic E-state index is 5.86. The molecule has 5 nitrogen and oxygen atoms in total. The Labute approximate surface area is 124 Å². The number of aromatic nitrogens is 1. The van der Waals surface area contributed by atoms with Gasteiger partial charge in [-0.2, -0.15) is 0 Å². The van der Waals surface area contributed by atoms with Crippen LogP contribution in [0.2, 0.25) is 0 Å². The molecule has 1 N–H and O–H groups in total. The van der Waals surface area contributed by atoms with Gasteiger partial charge in [-0.25, -0.2) is 0 Å². The Kier molecular flexibility index (Phi) is 5.40. The quantitative estimate of drug-likeness (QED) is 0.848. The number of nitrogens with one attached hydrogen (secondary N) is 1. The van der Waals surface area contributed by atoms with Gasteiger partial charge in [0.2, 0.25) is 5.75 Å². The molecule has 0 amide bonds. The van der Waals surface area contributed by atoms with Crippen LogP contribution in [0.3, 0.4) is 0 Å². The number of ether oxygens (including phenoxy) is 3. The van der Waals surface area contributed by atoms with Crippen molar-refractivity contribution in [3.8, 4) is 17.2 Å². The zero-order valence-corrected chi connectivity index (χ0v) is 12.6. The molecule has 0 atom stereocenters. The van der Waals surface area contributed by atoms with Gasteiger partial charge in [0.25, 0.3) is 0 Å². The SMILES string of the molecule is CNCc1cc(OC)c(OCc2cccnc2)c(OC)c1. The third kappa shape index (κ3) is 3.86. The molecule has 0 aliphatic heterocycles. The second-order valence-corrected chi connectivity index (χ2v) is 4.51. The summed E-state index contributed by atoms with van der Waals surface area (Å²) in [4.78, 5) is 4.07. The summed E-state index contributed by atoms with van der Waals surface area (Å²) in [7, 11) is 5.13. The summed E-state index contributed by atoms with van der Waals surface area (Å²) in [6, 6.07) is 7.72. The van der Waals surface area contributed by atoms with Gasteiger partial charge in [-0.3, -0.25) is 4.98 Å². The van der Waals surface area contributed by atoms with Crippen molar-refractivity contribution in [2.75, 3.05) is 21.3 Å². The fourth-order valence-corrected chi connectivity index (χ4v) is 2.02. The summed E-state index contributed by atoms with van der Waals surface area (Å²) in [5.41, 5.74) is 2.06. The number of rotatable bonds is 7. The molecule has 0 aliphatic carbocycles. The summed E-state index contributed by atoms with van der Waals surface area (Å²) < 4.78 is 16.7. The van der Waals surface area contributed by atoms with Crippen molar-refractivity contribution in [2.24, 2.45) is 0 Å². The molecule has 1 aromatic carbocycles. The Hall–Kier alpha value is -2.27. The number of hydrogen-bond donors (Lipinski definition) is 1. The Morgan fingerprint density at radius 2 is 1.81 bits per heavy atom. The average Bonchev–Trinajstić information content (AvgIpc) is 2.54. The monoisotopic (exact) mass is 288 g/mol. The predicted molar refractivity (Wildman–Crippen MR) is 80.9 cm³/mol. The summed E-state index contributed by atoms with van der Waals surface area (Å²) >= 11 is 0. The summed E-state index contributed by atoms with van der Waals surface area (Å²) in [6.45, 7) is 1.14. The summed E-state index contributed by atoms with van der Waals surface area (Å²) in [6.07, 6.45) is 3.51. The average molecular weight is 288 g/mol. The van der Waals surface area contributed by atoms with E-state index >= 15 is 0 Å². The molecule has 0 bridgehead atoms. The second kappa shape index (κ2) is 7.50. The van der Waals surface area contributed by atoms with E-state index in [1.54, 1.807) is 26.6 Å². The zero-order valence-electron chi connectivity index (χ0n) is 12.6. The number of pyridine rings is 1. The molecule has 0 fully saturated rings. The Balaban J connectivity index is 2.24. The van der Waals surface area contributed by atoms with E-state index in [4.69, 9.17) is 14.2 Å². The third-order valence-electron chi connectivity index (χ3n) is 3.01. The van der Waals surface area contributed by atoms with E-state index in [-0.39, 0.29) is 0 Å². The fourth-order valence-electron chi connectivity index (χ4n) is 2.02. The van der Waals surface area contributed by atoms with E-state index in [0.29, 0.717) is 23.9 Å². The lowest BCUT2D eigenvalue weighted by Gasteiger charge is -2.16. The van der Waals surface area contributed by atoms with Gasteiger partial charge in [-0.1, -0.05) is 6.07 Å². The highest BCUT2D eigenvalue weighted by atomic mass is 16.5. The molecule has 0 spiro atoms. The summed E-state index contributed by atoms with van der Waals surface area (Å²) in [5, 5.41) is 3.10. The van der Waals surface area contributed by atoms with Crippen LogP contribution in [0.1, 0.15) is 11.1 Å². The van der Waals surface area contributed by atoms with Crippen molar-refractivity contribution in [1.29, 1.82) is 0 Å². The minimum Gasteiger partial charge on any atom is -0.493 e. The van der Waals surface area contributed by atoms with Crippen LogP contribution in [-0.2, 0) is 13.2 Å². The highest BCUT2D eigenvalue weighted by molar-refractivity contribution is 5.54. The second-order valence-electron chi connectivity index (χ2n) is 4.51. The lowest BCUT2D eigenvalue weighted by Crippen LogP contribution is -2.07. The standard InChI is InChI=1S/C16H20N2O3/c1-17-9-13-7-14(19-2)16(15(8-13)20-3)21-11-12-5-4-6-18-10-12/h4-8,10,17H,9,11H2,1-3H3. The molecule has 5 heteroatoms. The molecule has 0 aliphatic rings. The molecule has 0 unspecified atom stereocenters. The van der Waals surface area contributed by atoms with Crippen molar-refractivity contribution in [3.63, 3.8) is 0 Å². The summed E-state index contributed by atoms with van der Waals surface area (Å²) in [5.74, 6) is 1.91. The Bertz CT molecular complexity index is 548. The molecule has 0 saturated heterocycles. The number of nitrogens with zero attached hydrogens (tertiary/aromatic N) is 1. The van der Waals surface area contributed by atoms with Crippen LogP contribution in [0.5, 0.6) is 17.2 Å². The van der Waals surface area contributed by atoms with Crippen molar-refractivity contribution in [3.05, 3.63) is 47.8 Å². The van der Waals surface area contributed by atoms with Gasteiger partial charge in [0.05, 0.1) is 14.2 Å². The van der Waals surface area contributed by atoms with Crippen LogP contribution in [0.15, 0.2) is 36.7 Å². The minimum atomic E-state index is 0.409. The van der Waals surface area contributed by atoms with E-state index in [9.17, 15) is 0 Å². The fraction of sp³-hybridized carbons (Fsp3) is 0.312. The normalized spacial score (nSPS) is 10.2. The van der Waals surface area contributed by atoms with E-state index in [0.717, 1.165) is 17.7 Å². The third-order valence-corrected chi connectivity index (χ3v) is 3.01. The maximum absolute atomic E-state index is 5.86. The van der Waals surface area contributed by atoms with Crippen LogP contribution in [0.4, 0.5) is 0 Å². The van der Waals surface area contributed by atoms with E-state index < -0.39 is 0 Å². The first-order valence-corrected chi connectivity index (χ1v) is 6.69. The molecule has 2 aromatic rings. The van der Waals surface area contributed by atoms with Crippen LogP contribution in [-0.4, -0.2) is 26.3 Å². The van der Waals surface area contributed by atoms with Gasteiger partial charge in [0, 0.05) is 24.5 Å². The maximum Gasteiger partial charge on any atom is 0.203 e. The van der Waals surface area contributed by atoms with Crippen molar-refractivity contribution < 1.29 is 14.2 Å². The van der Waals surface area contributed by atoms with Crippen molar-refractivity contribution in [2.45, 2.75) is 13.2 Å². The highest BCUT2D eigenvalue weighted by Crippen LogP contribution is 2.39. The number of methoxy groups -OCH3 is 2.